The molecule has 7 heteroatoms. The van der Waals surface area contributed by atoms with Gasteiger partial charge in [0, 0.05) is 30.9 Å². The molecular weight excluding hydrogens is 335 g/mol. The number of hydrogen-bond acceptors (Lipinski definition) is 4. The standard InChI is InChI=1S/C16H17ClN4O.ClH/c1-11-13(8-19-10-20-11)16(22)21-7-6-18-9-15(21)12-4-2-3-5-14(12)17;/h2-5,8,10,15,18H,6-7,9H2,1H3;1H. The van der Waals surface area contributed by atoms with Crippen LogP contribution >= 0.6 is 24.0 Å². The van der Waals surface area contributed by atoms with E-state index in [1.165, 1.54) is 6.33 Å². The molecule has 3 rings (SSSR count). The van der Waals surface area contributed by atoms with Crippen molar-refractivity contribution in [1.82, 2.24) is 20.2 Å². The normalized spacial score (nSPS) is 17.5. The topological polar surface area (TPSA) is 58.1 Å². The Morgan fingerprint density at radius 2 is 2.17 bits per heavy atom. The Kier molecular flexibility index (Phi) is 5.93. The number of nitrogens with one attached hydrogen (secondary N) is 1. The second kappa shape index (κ2) is 7.73. The predicted octanol–water partition coefficient (Wildman–Crippen LogP) is 2.65. The molecule has 1 aliphatic heterocycles. The van der Waals surface area contributed by atoms with Gasteiger partial charge in [-0.3, -0.25) is 4.79 Å². The summed E-state index contributed by atoms with van der Waals surface area (Å²) < 4.78 is 0. The van der Waals surface area contributed by atoms with E-state index in [9.17, 15) is 4.79 Å². The summed E-state index contributed by atoms with van der Waals surface area (Å²) >= 11 is 6.31. The van der Waals surface area contributed by atoms with Crippen LogP contribution in [0.3, 0.4) is 0 Å². The summed E-state index contributed by atoms with van der Waals surface area (Å²) in [6.07, 6.45) is 3.03. The number of halogens is 2. The highest BCUT2D eigenvalue weighted by Gasteiger charge is 2.30. The van der Waals surface area contributed by atoms with Crippen molar-refractivity contribution in [3.63, 3.8) is 0 Å². The van der Waals surface area contributed by atoms with Crippen molar-refractivity contribution in [1.29, 1.82) is 0 Å². The average molecular weight is 353 g/mol. The number of piperazine rings is 1. The number of aromatic nitrogens is 2. The highest BCUT2D eigenvalue weighted by atomic mass is 35.5. The van der Waals surface area contributed by atoms with E-state index in [0.717, 1.165) is 12.1 Å². The third kappa shape index (κ3) is 3.63. The van der Waals surface area contributed by atoms with Crippen molar-refractivity contribution < 1.29 is 4.79 Å². The molecule has 2 aromatic rings. The zero-order chi connectivity index (χ0) is 15.5. The maximum absolute atomic E-state index is 12.9. The van der Waals surface area contributed by atoms with Gasteiger partial charge in [0.1, 0.15) is 6.33 Å². The summed E-state index contributed by atoms with van der Waals surface area (Å²) in [5, 5.41) is 4.00. The van der Waals surface area contributed by atoms with Gasteiger partial charge < -0.3 is 10.2 Å². The SMILES string of the molecule is Cc1ncncc1C(=O)N1CCNCC1c1ccccc1Cl.Cl. The first kappa shape index (κ1) is 17.7. The van der Waals surface area contributed by atoms with E-state index >= 15 is 0 Å². The largest absolute Gasteiger partial charge is 0.329 e. The van der Waals surface area contributed by atoms with E-state index in [2.05, 4.69) is 15.3 Å². The Bertz CT molecular complexity index is 695. The highest BCUT2D eigenvalue weighted by molar-refractivity contribution is 6.31. The van der Waals surface area contributed by atoms with Gasteiger partial charge in [-0.15, -0.1) is 12.4 Å². The van der Waals surface area contributed by atoms with Gasteiger partial charge in [-0.25, -0.2) is 9.97 Å². The Balaban J connectivity index is 0.00000192. The predicted molar refractivity (Wildman–Crippen MR) is 92.1 cm³/mol. The van der Waals surface area contributed by atoms with Crippen LogP contribution in [0.1, 0.15) is 27.7 Å². The smallest absolute Gasteiger partial charge is 0.257 e. The molecule has 1 aliphatic rings. The monoisotopic (exact) mass is 352 g/mol. The van der Waals surface area contributed by atoms with E-state index in [1.807, 2.05) is 36.1 Å². The quantitative estimate of drug-likeness (QED) is 0.902. The van der Waals surface area contributed by atoms with Gasteiger partial charge in [0.25, 0.3) is 5.91 Å². The maximum atomic E-state index is 12.9. The third-order valence-corrected chi connectivity index (χ3v) is 4.25. The molecule has 1 aromatic heterocycles. The molecule has 1 aromatic carbocycles. The van der Waals surface area contributed by atoms with Crippen LogP contribution in [-0.2, 0) is 0 Å². The molecule has 1 unspecified atom stereocenters. The average Bonchev–Trinajstić information content (AvgIpc) is 2.55. The molecule has 0 saturated carbocycles. The molecule has 0 radical (unpaired) electrons. The van der Waals surface area contributed by atoms with E-state index in [1.54, 1.807) is 6.20 Å². The van der Waals surface area contributed by atoms with E-state index in [-0.39, 0.29) is 24.4 Å². The van der Waals surface area contributed by atoms with Crippen LogP contribution in [0.15, 0.2) is 36.8 Å². The van der Waals surface area contributed by atoms with Gasteiger partial charge in [-0.2, -0.15) is 0 Å². The lowest BCUT2D eigenvalue weighted by molar-refractivity contribution is 0.0632. The van der Waals surface area contributed by atoms with Crippen LogP contribution < -0.4 is 5.32 Å². The number of hydrogen-bond donors (Lipinski definition) is 1. The minimum atomic E-state index is -0.0884. The molecule has 0 bridgehead atoms. The Hall–Kier alpha value is -1.69. The van der Waals surface area contributed by atoms with Crippen molar-refractivity contribution in [2.24, 2.45) is 0 Å². The van der Waals surface area contributed by atoms with Crippen molar-refractivity contribution >= 4 is 29.9 Å². The number of aryl methyl sites for hydroxylation is 1. The molecule has 122 valence electrons. The Morgan fingerprint density at radius 1 is 1.39 bits per heavy atom. The Labute approximate surface area is 146 Å². The van der Waals surface area contributed by atoms with Crippen LogP contribution in [0.2, 0.25) is 5.02 Å². The number of rotatable bonds is 2. The summed E-state index contributed by atoms with van der Waals surface area (Å²) in [6.45, 7) is 3.90. The fourth-order valence-corrected chi connectivity index (χ4v) is 2.99. The lowest BCUT2D eigenvalue weighted by atomic mass is 10.0. The first-order chi connectivity index (χ1) is 10.7. The molecule has 2 heterocycles. The molecule has 0 aliphatic carbocycles. The van der Waals surface area contributed by atoms with Crippen LogP contribution in [0.25, 0.3) is 0 Å². The van der Waals surface area contributed by atoms with Crippen LogP contribution in [-0.4, -0.2) is 40.4 Å². The van der Waals surface area contributed by atoms with Gasteiger partial charge >= 0.3 is 0 Å². The lowest BCUT2D eigenvalue weighted by Gasteiger charge is -2.37. The molecule has 1 atom stereocenters. The number of benzene rings is 1. The summed E-state index contributed by atoms with van der Waals surface area (Å²) in [5.41, 5.74) is 2.19. The van der Waals surface area contributed by atoms with Crippen LogP contribution in [0.5, 0.6) is 0 Å². The maximum Gasteiger partial charge on any atom is 0.257 e. The minimum Gasteiger partial charge on any atom is -0.329 e. The fraction of sp³-hybridized carbons (Fsp3) is 0.312. The second-order valence-corrected chi connectivity index (χ2v) is 5.67. The molecule has 0 spiro atoms. The molecule has 1 amide bonds. The zero-order valence-corrected chi connectivity index (χ0v) is 14.3. The summed E-state index contributed by atoms with van der Waals surface area (Å²) in [7, 11) is 0. The summed E-state index contributed by atoms with van der Waals surface area (Å²) in [4.78, 5) is 22.8. The summed E-state index contributed by atoms with van der Waals surface area (Å²) in [6, 6.07) is 7.56. The van der Waals surface area contributed by atoms with Gasteiger partial charge in [0.05, 0.1) is 17.3 Å². The van der Waals surface area contributed by atoms with Gasteiger partial charge in [-0.1, -0.05) is 29.8 Å². The first-order valence-corrected chi connectivity index (χ1v) is 7.59. The minimum absolute atomic E-state index is 0. The number of nitrogens with zero attached hydrogens (tertiary/aromatic N) is 3. The lowest BCUT2D eigenvalue weighted by Crippen LogP contribution is -2.49. The van der Waals surface area contributed by atoms with Gasteiger partial charge in [0.2, 0.25) is 0 Å². The van der Waals surface area contributed by atoms with Crippen LogP contribution in [0, 0.1) is 6.92 Å². The van der Waals surface area contributed by atoms with Crippen molar-refractivity contribution in [2.75, 3.05) is 19.6 Å². The fourth-order valence-electron chi connectivity index (χ4n) is 2.73. The molecule has 1 N–H and O–H groups in total. The number of amides is 1. The third-order valence-electron chi connectivity index (χ3n) is 3.91. The van der Waals surface area contributed by atoms with E-state index in [0.29, 0.717) is 29.4 Å². The molecule has 1 fully saturated rings. The molecular formula is C16H18Cl2N4O. The molecule has 5 nitrogen and oxygen atoms in total. The highest BCUT2D eigenvalue weighted by Crippen LogP contribution is 2.29. The molecule has 23 heavy (non-hydrogen) atoms. The van der Waals surface area contributed by atoms with Gasteiger partial charge in [-0.05, 0) is 18.6 Å². The zero-order valence-electron chi connectivity index (χ0n) is 12.7. The summed E-state index contributed by atoms with van der Waals surface area (Å²) in [5.74, 6) is -0.0514. The first-order valence-electron chi connectivity index (χ1n) is 7.21. The van der Waals surface area contributed by atoms with Crippen LogP contribution in [0.4, 0.5) is 0 Å². The van der Waals surface area contributed by atoms with E-state index < -0.39 is 0 Å². The van der Waals surface area contributed by atoms with Crippen molar-refractivity contribution in [2.45, 2.75) is 13.0 Å². The van der Waals surface area contributed by atoms with E-state index in [4.69, 9.17) is 11.6 Å². The second-order valence-electron chi connectivity index (χ2n) is 5.26. The Morgan fingerprint density at radius 3 is 2.91 bits per heavy atom. The van der Waals surface area contributed by atoms with Gasteiger partial charge in [0.15, 0.2) is 0 Å². The molecule has 1 saturated heterocycles. The van der Waals surface area contributed by atoms with Crippen molar-refractivity contribution in [3.8, 4) is 0 Å². The number of carbonyl (C=O) groups is 1. The number of carbonyl (C=O) groups excluding carboxylic acids is 1. The van der Waals surface area contributed by atoms with Crippen molar-refractivity contribution in [3.05, 3.63) is 58.6 Å².